The van der Waals surface area contributed by atoms with Gasteiger partial charge in [0.05, 0.1) is 6.07 Å². The molecule has 12 heavy (non-hydrogen) atoms. The van der Waals surface area contributed by atoms with Crippen molar-refractivity contribution in [3.63, 3.8) is 0 Å². The van der Waals surface area contributed by atoms with Crippen molar-refractivity contribution < 1.29 is 0 Å². The summed E-state index contributed by atoms with van der Waals surface area (Å²) >= 11 is 0. The van der Waals surface area contributed by atoms with Crippen LogP contribution in [-0.2, 0) is 0 Å². The van der Waals surface area contributed by atoms with Gasteiger partial charge in [-0.15, -0.1) is 0 Å². The summed E-state index contributed by atoms with van der Waals surface area (Å²) in [5, 5.41) is 8.59. The van der Waals surface area contributed by atoms with Crippen LogP contribution in [-0.4, -0.2) is 24.0 Å². The number of piperidine rings is 1. The largest absolute Gasteiger partial charge is 0.301 e. The van der Waals surface area contributed by atoms with Gasteiger partial charge in [-0.3, -0.25) is 0 Å². The molecular formula is C10H18N2. The average Bonchev–Trinajstić information content (AvgIpc) is 2.01. The molecule has 1 aliphatic rings. The second-order valence-electron chi connectivity index (χ2n) is 4.06. The minimum atomic E-state index is 0.635. The van der Waals surface area contributed by atoms with Crippen LogP contribution in [0.4, 0.5) is 0 Å². The first-order chi connectivity index (χ1) is 5.65. The van der Waals surface area contributed by atoms with Crippen molar-refractivity contribution >= 4 is 0 Å². The maximum atomic E-state index is 8.59. The molecule has 1 unspecified atom stereocenters. The second-order valence-corrected chi connectivity index (χ2v) is 4.06. The van der Waals surface area contributed by atoms with Gasteiger partial charge in [0, 0.05) is 18.5 Å². The van der Waals surface area contributed by atoms with E-state index in [1.54, 1.807) is 0 Å². The standard InChI is InChI=1S/C10H18N2/c1-8-6-10(4-5-11)7-9(2)12(8)3/h8-10H,4,6-7H2,1-3H3/t8-,9+,10?. The Morgan fingerprint density at radius 2 is 1.83 bits per heavy atom. The van der Waals surface area contributed by atoms with E-state index in [1.807, 2.05) is 0 Å². The van der Waals surface area contributed by atoms with Crippen molar-refractivity contribution in [2.75, 3.05) is 7.05 Å². The van der Waals surface area contributed by atoms with E-state index >= 15 is 0 Å². The number of hydrogen-bond donors (Lipinski definition) is 0. The van der Waals surface area contributed by atoms with Gasteiger partial charge in [0.2, 0.25) is 0 Å². The quantitative estimate of drug-likeness (QED) is 0.596. The normalized spacial score (nSPS) is 37.7. The Kier molecular flexibility index (Phi) is 3.11. The highest BCUT2D eigenvalue weighted by Crippen LogP contribution is 2.27. The van der Waals surface area contributed by atoms with Gasteiger partial charge in [0.1, 0.15) is 0 Å². The molecule has 0 aromatic carbocycles. The fourth-order valence-electron chi connectivity index (χ4n) is 2.12. The Morgan fingerprint density at radius 1 is 1.33 bits per heavy atom. The second kappa shape index (κ2) is 3.91. The summed E-state index contributed by atoms with van der Waals surface area (Å²) in [5.41, 5.74) is 0. The maximum Gasteiger partial charge on any atom is 0.0624 e. The Labute approximate surface area is 75.2 Å². The summed E-state index contributed by atoms with van der Waals surface area (Å²) in [7, 11) is 2.18. The van der Waals surface area contributed by atoms with E-state index in [2.05, 4.69) is 31.9 Å². The molecule has 1 fully saturated rings. The maximum absolute atomic E-state index is 8.59. The molecule has 1 saturated heterocycles. The Morgan fingerprint density at radius 3 is 2.25 bits per heavy atom. The highest BCUT2D eigenvalue weighted by atomic mass is 15.2. The molecule has 0 N–H and O–H groups in total. The molecular weight excluding hydrogens is 148 g/mol. The van der Waals surface area contributed by atoms with Gasteiger partial charge in [-0.25, -0.2) is 0 Å². The molecule has 2 heteroatoms. The molecule has 0 radical (unpaired) electrons. The summed E-state index contributed by atoms with van der Waals surface area (Å²) in [5.74, 6) is 0.635. The van der Waals surface area contributed by atoms with Gasteiger partial charge in [-0.05, 0) is 39.7 Å². The molecule has 0 aromatic heterocycles. The monoisotopic (exact) mass is 166 g/mol. The topological polar surface area (TPSA) is 27.0 Å². The van der Waals surface area contributed by atoms with E-state index in [0.29, 0.717) is 18.0 Å². The lowest BCUT2D eigenvalue weighted by Gasteiger charge is -2.39. The zero-order valence-electron chi connectivity index (χ0n) is 8.25. The van der Waals surface area contributed by atoms with Crippen LogP contribution in [0.3, 0.4) is 0 Å². The van der Waals surface area contributed by atoms with Crippen molar-refractivity contribution in [2.24, 2.45) is 5.92 Å². The van der Waals surface area contributed by atoms with Crippen molar-refractivity contribution in [3.05, 3.63) is 0 Å². The van der Waals surface area contributed by atoms with Crippen molar-refractivity contribution in [1.29, 1.82) is 5.26 Å². The van der Waals surface area contributed by atoms with E-state index in [1.165, 1.54) is 12.8 Å². The highest BCUT2D eigenvalue weighted by molar-refractivity contribution is 4.86. The average molecular weight is 166 g/mol. The van der Waals surface area contributed by atoms with Crippen LogP contribution in [0.5, 0.6) is 0 Å². The van der Waals surface area contributed by atoms with E-state index < -0.39 is 0 Å². The molecule has 1 aliphatic heterocycles. The molecule has 0 aromatic rings. The first kappa shape index (κ1) is 9.54. The zero-order chi connectivity index (χ0) is 9.14. The van der Waals surface area contributed by atoms with Gasteiger partial charge < -0.3 is 4.90 Å². The van der Waals surface area contributed by atoms with Crippen molar-refractivity contribution in [3.8, 4) is 6.07 Å². The lowest BCUT2D eigenvalue weighted by atomic mass is 9.86. The van der Waals surface area contributed by atoms with Gasteiger partial charge in [-0.1, -0.05) is 0 Å². The minimum absolute atomic E-state index is 0.635. The molecule has 0 spiro atoms. The number of likely N-dealkylation sites (tertiary alicyclic amines) is 1. The van der Waals surface area contributed by atoms with Gasteiger partial charge in [-0.2, -0.15) is 5.26 Å². The third-order valence-corrected chi connectivity index (χ3v) is 3.12. The van der Waals surface area contributed by atoms with Gasteiger partial charge in [0.15, 0.2) is 0 Å². The molecule has 3 atom stereocenters. The summed E-state index contributed by atoms with van der Waals surface area (Å²) in [4.78, 5) is 2.41. The molecule has 1 heterocycles. The van der Waals surface area contributed by atoms with E-state index in [-0.39, 0.29) is 0 Å². The first-order valence-electron chi connectivity index (χ1n) is 4.74. The summed E-state index contributed by atoms with van der Waals surface area (Å²) in [6.45, 7) is 4.50. The van der Waals surface area contributed by atoms with Crippen LogP contribution in [0.1, 0.15) is 33.1 Å². The SMILES string of the molecule is C[C@@H]1CC(CC#N)C[C@H](C)N1C. The molecule has 0 aliphatic carbocycles. The highest BCUT2D eigenvalue weighted by Gasteiger charge is 2.27. The number of nitrogens with zero attached hydrogens (tertiary/aromatic N) is 2. The molecule has 0 bridgehead atoms. The molecule has 1 rings (SSSR count). The third kappa shape index (κ3) is 1.98. The minimum Gasteiger partial charge on any atom is -0.301 e. The molecule has 2 nitrogen and oxygen atoms in total. The third-order valence-electron chi connectivity index (χ3n) is 3.12. The van der Waals surface area contributed by atoms with Crippen LogP contribution >= 0.6 is 0 Å². The lowest BCUT2D eigenvalue weighted by Crippen LogP contribution is -2.43. The van der Waals surface area contributed by atoms with Gasteiger partial charge >= 0.3 is 0 Å². The molecule has 0 amide bonds. The lowest BCUT2D eigenvalue weighted by molar-refractivity contribution is 0.0996. The van der Waals surface area contributed by atoms with Crippen LogP contribution in [0.25, 0.3) is 0 Å². The predicted octanol–water partition coefficient (Wildman–Crippen LogP) is 2.02. The predicted molar refractivity (Wildman–Crippen MR) is 49.6 cm³/mol. The summed E-state index contributed by atoms with van der Waals surface area (Å²) in [6.07, 6.45) is 3.12. The molecule has 0 saturated carbocycles. The summed E-state index contributed by atoms with van der Waals surface area (Å²) < 4.78 is 0. The molecule has 68 valence electrons. The zero-order valence-corrected chi connectivity index (χ0v) is 8.25. The number of hydrogen-bond acceptors (Lipinski definition) is 2. The van der Waals surface area contributed by atoms with Crippen molar-refractivity contribution in [1.82, 2.24) is 4.90 Å². The first-order valence-corrected chi connectivity index (χ1v) is 4.74. The Balaban J connectivity index is 2.49. The fourth-order valence-corrected chi connectivity index (χ4v) is 2.12. The van der Waals surface area contributed by atoms with E-state index in [9.17, 15) is 0 Å². The van der Waals surface area contributed by atoms with Crippen LogP contribution < -0.4 is 0 Å². The van der Waals surface area contributed by atoms with Crippen LogP contribution in [0, 0.1) is 17.2 Å². The van der Waals surface area contributed by atoms with Gasteiger partial charge in [0.25, 0.3) is 0 Å². The van der Waals surface area contributed by atoms with E-state index in [4.69, 9.17) is 5.26 Å². The van der Waals surface area contributed by atoms with Crippen LogP contribution in [0.15, 0.2) is 0 Å². The van der Waals surface area contributed by atoms with E-state index in [0.717, 1.165) is 6.42 Å². The fraction of sp³-hybridized carbons (Fsp3) is 0.900. The summed E-state index contributed by atoms with van der Waals surface area (Å²) in [6, 6.07) is 3.57. The Hall–Kier alpha value is -0.550. The number of nitriles is 1. The number of rotatable bonds is 1. The van der Waals surface area contributed by atoms with Crippen molar-refractivity contribution in [2.45, 2.75) is 45.2 Å². The Bertz CT molecular complexity index is 171. The van der Waals surface area contributed by atoms with Crippen LogP contribution in [0.2, 0.25) is 0 Å². The smallest absolute Gasteiger partial charge is 0.0624 e.